The van der Waals surface area contributed by atoms with Gasteiger partial charge < -0.3 is 19.2 Å². The highest BCUT2D eigenvalue weighted by molar-refractivity contribution is 7.22. The molecule has 0 radical (unpaired) electrons. The maximum Gasteiger partial charge on any atom is 0.333 e. The smallest absolute Gasteiger partial charge is 0.333 e. The van der Waals surface area contributed by atoms with E-state index in [2.05, 4.69) is 202 Å². The minimum Gasteiger partial charge on any atom is -0.450 e. The summed E-state index contributed by atoms with van der Waals surface area (Å²) in [6.45, 7) is 11.9. The summed E-state index contributed by atoms with van der Waals surface area (Å²) in [6, 6.07) is 68.5. The van der Waals surface area contributed by atoms with Crippen LogP contribution in [0.2, 0.25) is 0 Å². The molecule has 0 spiro atoms. The molecule has 0 fully saturated rings. The van der Waals surface area contributed by atoms with Gasteiger partial charge in [-0.2, -0.15) is 0 Å². The molecule has 4 aliphatic heterocycles. The normalized spacial score (nSPS) is 16.8. The van der Waals surface area contributed by atoms with E-state index < -0.39 is 8.07 Å². The summed E-state index contributed by atoms with van der Waals surface area (Å²) in [5.74, 6) is 2.91. The molecule has 0 saturated heterocycles. The Hall–Kier alpha value is -7.28. The van der Waals surface area contributed by atoms with Crippen LogP contribution >= 0.6 is 0 Å². The van der Waals surface area contributed by atoms with Crippen molar-refractivity contribution in [3.63, 3.8) is 0 Å². The van der Waals surface area contributed by atoms with Crippen molar-refractivity contribution in [3.05, 3.63) is 199 Å². The molecule has 5 aliphatic rings. The molecule has 9 aromatic rings. The first kappa shape index (κ1) is 38.9. The molecular weight excluding hydrogens is 832 g/mol. The molecule has 0 aromatic heterocycles. The summed E-state index contributed by atoms with van der Waals surface area (Å²) in [6.07, 6.45) is 2.30. The summed E-state index contributed by atoms with van der Waals surface area (Å²) >= 11 is 0. The summed E-state index contributed by atoms with van der Waals surface area (Å²) in [7, 11) is -2.91. The molecule has 322 valence electrons. The van der Waals surface area contributed by atoms with Crippen LogP contribution in [0.1, 0.15) is 57.2 Å². The lowest BCUT2D eigenvalue weighted by Gasteiger charge is -2.52. The molecule has 4 nitrogen and oxygen atoms in total. The third-order valence-corrected chi connectivity index (χ3v) is 20.9. The number of rotatable bonds is 3. The predicted octanol–water partition coefficient (Wildman–Crippen LogP) is 11.8. The highest BCUT2D eigenvalue weighted by Crippen LogP contribution is 2.55. The molecule has 9 aromatic carbocycles. The minimum absolute atomic E-state index is 0.0178. The largest absolute Gasteiger partial charge is 0.450 e. The Kier molecular flexibility index (Phi) is 7.93. The molecule has 0 saturated carbocycles. The molecular formula is C61H49BN2O2Si. The van der Waals surface area contributed by atoms with E-state index in [1.54, 1.807) is 0 Å². The van der Waals surface area contributed by atoms with Crippen LogP contribution in [0.15, 0.2) is 182 Å². The van der Waals surface area contributed by atoms with Gasteiger partial charge in [0.25, 0.3) is 0 Å². The lowest BCUT2D eigenvalue weighted by molar-refractivity contribution is 0.332. The number of ether oxygens (including phenoxy) is 2. The lowest BCUT2D eigenvalue weighted by Crippen LogP contribution is -2.79. The van der Waals surface area contributed by atoms with Gasteiger partial charge in [0.05, 0.1) is 5.69 Å². The predicted molar refractivity (Wildman–Crippen MR) is 281 cm³/mol. The number of nitrogens with zero attached hydrogens (tertiary/aromatic N) is 2. The number of anilines is 5. The molecule has 1 aliphatic carbocycles. The van der Waals surface area contributed by atoms with Gasteiger partial charge in [0.15, 0.2) is 31.1 Å². The van der Waals surface area contributed by atoms with Crippen molar-refractivity contribution in [1.82, 2.24) is 0 Å². The quantitative estimate of drug-likeness (QED) is 0.165. The highest BCUT2D eigenvalue weighted by atomic mass is 28.3. The molecule has 4 heterocycles. The first-order chi connectivity index (χ1) is 32.6. The maximum absolute atomic E-state index is 6.87. The first-order valence-electron chi connectivity index (χ1n) is 23.9. The van der Waals surface area contributed by atoms with E-state index in [1.165, 1.54) is 99.4 Å². The van der Waals surface area contributed by atoms with Gasteiger partial charge in [0, 0.05) is 39.8 Å². The number of benzene rings is 9. The molecule has 0 amide bonds. The number of aryl methyl sites for hydroxylation is 1. The van der Waals surface area contributed by atoms with Crippen LogP contribution < -0.4 is 50.9 Å². The van der Waals surface area contributed by atoms with Gasteiger partial charge in [-0.3, -0.25) is 0 Å². The van der Waals surface area contributed by atoms with Gasteiger partial charge in [-0.15, -0.1) is 0 Å². The van der Waals surface area contributed by atoms with Crippen LogP contribution in [0.5, 0.6) is 23.0 Å². The number of hydrogen-bond donors (Lipinski definition) is 0. The van der Waals surface area contributed by atoms with Gasteiger partial charge in [-0.25, -0.2) is 0 Å². The first-order valence-corrected chi connectivity index (χ1v) is 25.9. The van der Waals surface area contributed by atoms with Crippen LogP contribution in [0.3, 0.4) is 0 Å². The summed E-state index contributed by atoms with van der Waals surface area (Å²) in [5.41, 5.74) is 15.4. The SMILES string of the molecule is Cc1cc2c(cc1N1c3cc4c(cc3B3c5c(cc6ccccc6c51)-c1cccc5c1N3c1ccccc1[Si]5(c1ccccc1)c1ccccc1)Oc1ccccc1O4)C(C)(C)CCC2(C)C. The van der Waals surface area contributed by atoms with E-state index in [9.17, 15) is 0 Å². The average Bonchev–Trinajstić information content (AvgIpc) is 3.35. The van der Waals surface area contributed by atoms with Gasteiger partial charge in [-0.05, 0) is 126 Å². The van der Waals surface area contributed by atoms with Gasteiger partial charge in [0.1, 0.15) is 0 Å². The van der Waals surface area contributed by atoms with E-state index in [4.69, 9.17) is 9.47 Å². The highest BCUT2D eigenvalue weighted by Gasteiger charge is 2.55. The van der Waals surface area contributed by atoms with Gasteiger partial charge >= 0.3 is 6.85 Å². The van der Waals surface area contributed by atoms with Crippen molar-refractivity contribution in [2.75, 3.05) is 9.71 Å². The lowest BCUT2D eigenvalue weighted by atomic mass is 9.43. The van der Waals surface area contributed by atoms with Crippen molar-refractivity contribution in [1.29, 1.82) is 0 Å². The Balaban J connectivity index is 1.14. The number of hydrogen-bond acceptors (Lipinski definition) is 4. The minimum atomic E-state index is -2.91. The maximum atomic E-state index is 6.87. The van der Waals surface area contributed by atoms with Crippen molar-refractivity contribution in [2.24, 2.45) is 0 Å². The Morgan fingerprint density at radius 1 is 0.493 bits per heavy atom. The fourth-order valence-corrected chi connectivity index (χ4v) is 18.0. The topological polar surface area (TPSA) is 24.9 Å². The second-order valence-electron chi connectivity index (χ2n) is 20.7. The summed E-state index contributed by atoms with van der Waals surface area (Å²) in [4.78, 5) is 5.34. The van der Waals surface area contributed by atoms with Crippen LogP contribution in [0.25, 0.3) is 21.9 Å². The average molecular weight is 881 g/mol. The molecule has 67 heavy (non-hydrogen) atoms. The summed E-state index contributed by atoms with van der Waals surface area (Å²) < 4.78 is 13.7. The van der Waals surface area contributed by atoms with Crippen molar-refractivity contribution in [3.8, 4) is 34.1 Å². The van der Waals surface area contributed by atoms with Crippen molar-refractivity contribution < 1.29 is 9.47 Å². The van der Waals surface area contributed by atoms with Gasteiger partial charge in [0.2, 0.25) is 0 Å². The van der Waals surface area contributed by atoms with Gasteiger partial charge in [-0.1, -0.05) is 167 Å². The molecule has 0 bridgehead atoms. The van der Waals surface area contributed by atoms with Crippen LogP contribution in [-0.2, 0) is 10.8 Å². The monoisotopic (exact) mass is 880 g/mol. The van der Waals surface area contributed by atoms with Crippen molar-refractivity contribution >= 4 is 85.8 Å². The van der Waals surface area contributed by atoms with E-state index in [0.29, 0.717) is 0 Å². The zero-order valence-electron chi connectivity index (χ0n) is 38.5. The fraction of sp³-hybridized carbons (Fsp3) is 0.148. The molecule has 6 heteroatoms. The molecule has 0 N–H and O–H groups in total. The Labute approximate surface area is 394 Å². The van der Waals surface area contributed by atoms with E-state index in [1.807, 2.05) is 24.3 Å². The zero-order chi connectivity index (χ0) is 45.0. The van der Waals surface area contributed by atoms with E-state index >= 15 is 0 Å². The van der Waals surface area contributed by atoms with E-state index in [0.717, 1.165) is 35.1 Å². The van der Waals surface area contributed by atoms with Crippen LogP contribution in [-0.4, -0.2) is 14.9 Å². The zero-order valence-corrected chi connectivity index (χ0v) is 39.5. The standard InChI is InChI=1S/C61H49BN2O2Si/c1-38-33-45-46(61(4,5)32-31-60(45,2)3)35-49(38)63-50-37-54-53(65-51-27-15-16-28-52(51)66-54)36-47(50)62-57-44(34-39-19-12-13-24-42(39)59(57)63)43-25-18-30-56-58(43)64(62)48-26-14-17-29-55(48)67(56,40-20-8-6-9-21-40)41-22-10-7-11-23-41/h6-30,33-37H,31-32H2,1-5H3. The number of fused-ring (bicyclic) bond motifs is 11. The Bertz CT molecular complexity index is 3550. The second kappa shape index (κ2) is 13.7. The van der Waals surface area contributed by atoms with Crippen molar-refractivity contribution in [2.45, 2.75) is 58.3 Å². The summed E-state index contributed by atoms with van der Waals surface area (Å²) in [5, 5.41) is 8.03. The second-order valence-corrected chi connectivity index (χ2v) is 24.4. The third-order valence-electron chi connectivity index (χ3n) is 16.1. The fourth-order valence-electron chi connectivity index (χ4n) is 12.8. The molecule has 0 atom stereocenters. The Morgan fingerprint density at radius 2 is 1.09 bits per heavy atom. The number of para-hydroxylation sites is 4. The van der Waals surface area contributed by atoms with Crippen LogP contribution in [0.4, 0.5) is 28.4 Å². The molecule has 14 rings (SSSR count). The van der Waals surface area contributed by atoms with E-state index in [-0.39, 0.29) is 17.7 Å². The Morgan fingerprint density at radius 3 is 1.81 bits per heavy atom. The third kappa shape index (κ3) is 5.19. The van der Waals surface area contributed by atoms with Crippen LogP contribution in [0, 0.1) is 6.92 Å². The molecule has 0 unspecified atom stereocenters.